The summed E-state index contributed by atoms with van der Waals surface area (Å²) in [5.41, 5.74) is 0.0501. The number of aromatic nitrogens is 3. The third-order valence-electron chi connectivity index (χ3n) is 3.31. The van der Waals surface area contributed by atoms with Gasteiger partial charge >= 0.3 is 0 Å². The SMILES string of the molecule is O=c1[nH]cnc2c1ccn2C1O[C@H](CO)[C@@H](O)[C@@H]1O. The number of nitrogens with zero attached hydrogens (tertiary/aromatic N) is 2. The molecule has 0 radical (unpaired) electrons. The van der Waals surface area contributed by atoms with Crippen LogP contribution in [0.5, 0.6) is 0 Å². The molecule has 102 valence electrons. The Labute approximate surface area is 106 Å². The van der Waals surface area contributed by atoms with Gasteiger partial charge in [0.25, 0.3) is 5.56 Å². The molecular weight excluding hydrogens is 254 g/mol. The van der Waals surface area contributed by atoms with Crippen LogP contribution in [0.15, 0.2) is 23.4 Å². The van der Waals surface area contributed by atoms with Gasteiger partial charge in [-0.15, -0.1) is 0 Å². The van der Waals surface area contributed by atoms with Gasteiger partial charge in [-0.3, -0.25) is 4.79 Å². The van der Waals surface area contributed by atoms with Gasteiger partial charge < -0.3 is 29.6 Å². The Bertz CT molecular complexity index is 651. The minimum atomic E-state index is -1.20. The van der Waals surface area contributed by atoms with Crippen LogP contribution in [0.25, 0.3) is 11.0 Å². The number of rotatable bonds is 2. The Kier molecular flexibility index (Phi) is 2.86. The average Bonchev–Trinajstić information content (AvgIpc) is 2.94. The van der Waals surface area contributed by atoms with Gasteiger partial charge in [-0.25, -0.2) is 4.98 Å². The summed E-state index contributed by atoms with van der Waals surface area (Å²) in [6.45, 7) is -0.401. The van der Waals surface area contributed by atoms with E-state index in [4.69, 9.17) is 9.84 Å². The highest BCUT2D eigenvalue weighted by Crippen LogP contribution is 2.31. The van der Waals surface area contributed by atoms with E-state index in [0.717, 1.165) is 0 Å². The van der Waals surface area contributed by atoms with Crippen molar-refractivity contribution in [3.8, 4) is 0 Å². The molecule has 4 N–H and O–H groups in total. The zero-order valence-corrected chi connectivity index (χ0v) is 9.80. The molecule has 0 bridgehead atoms. The lowest BCUT2D eigenvalue weighted by molar-refractivity contribution is -0.0508. The van der Waals surface area contributed by atoms with Crippen LogP contribution in [0.3, 0.4) is 0 Å². The van der Waals surface area contributed by atoms with Gasteiger partial charge in [0.15, 0.2) is 6.23 Å². The second-order valence-corrected chi connectivity index (χ2v) is 4.42. The third-order valence-corrected chi connectivity index (χ3v) is 3.31. The molecule has 2 aromatic rings. The minimum Gasteiger partial charge on any atom is -0.394 e. The van der Waals surface area contributed by atoms with Crippen molar-refractivity contribution in [1.82, 2.24) is 14.5 Å². The Morgan fingerprint density at radius 3 is 2.89 bits per heavy atom. The van der Waals surface area contributed by atoms with Crippen molar-refractivity contribution in [3.05, 3.63) is 28.9 Å². The van der Waals surface area contributed by atoms with Crippen LogP contribution < -0.4 is 5.56 Å². The van der Waals surface area contributed by atoms with Gasteiger partial charge in [0.2, 0.25) is 0 Å². The first kappa shape index (κ1) is 12.3. The number of H-pyrrole nitrogens is 1. The van der Waals surface area contributed by atoms with Crippen molar-refractivity contribution in [2.75, 3.05) is 6.61 Å². The van der Waals surface area contributed by atoms with Crippen molar-refractivity contribution in [2.45, 2.75) is 24.5 Å². The molecule has 1 aliphatic heterocycles. The van der Waals surface area contributed by atoms with E-state index in [1.54, 1.807) is 12.3 Å². The monoisotopic (exact) mass is 267 g/mol. The first-order valence-electron chi connectivity index (χ1n) is 5.80. The summed E-state index contributed by atoms with van der Waals surface area (Å²) in [5.74, 6) is 0. The van der Waals surface area contributed by atoms with Crippen LogP contribution in [0.2, 0.25) is 0 Å². The summed E-state index contributed by atoms with van der Waals surface area (Å²) in [4.78, 5) is 18.0. The summed E-state index contributed by atoms with van der Waals surface area (Å²) in [5, 5.41) is 29.1. The molecule has 0 saturated carbocycles. The number of aliphatic hydroxyl groups is 3. The predicted octanol–water partition coefficient (Wildman–Crippen LogP) is -1.66. The smallest absolute Gasteiger partial charge is 0.260 e. The molecule has 8 heteroatoms. The van der Waals surface area contributed by atoms with Crippen molar-refractivity contribution in [1.29, 1.82) is 0 Å². The van der Waals surface area contributed by atoms with Gasteiger partial charge in [0.1, 0.15) is 24.0 Å². The second kappa shape index (κ2) is 4.42. The largest absolute Gasteiger partial charge is 0.394 e. The molecule has 0 spiro atoms. The number of aliphatic hydroxyl groups excluding tert-OH is 3. The van der Waals surface area contributed by atoms with Crippen molar-refractivity contribution >= 4 is 11.0 Å². The van der Waals surface area contributed by atoms with Gasteiger partial charge in [-0.05, 0) is 6.07 Å². The normalized spacial score (nSPS) is 31.1. The fourth-order valence-electron chi connectivity index (χ4n) is 2.30. The van der Waals surface area contributed by atoms with Gasteiger partial charge in [-0.1, -0.05) is 0 Å². The molecule has 2 aromatic heterocycles. The number of ether oxygens (including phenoxy) is 1. The molecule has 0 aliphatic carbocycles. The van der Waals surface area contributed by atoms with E-state index in [2.05, 4.69) is 9.97 Å². The van der Waals surface area contributed by atoms with E-state index < -0.39 is 31.1 Å². The molecule has 3 rings (SSSR count). The fraction of sp³-hybridized carbons (Fsp3) is 0.455. The lowest BCUT2D eigenvalue weighted by Crippen LogP contribution is -2.33. The molecule has 0 aromatic carbocycles. The van der Waals surface area contributed by atoms with E-state index in [9.17, 15) is 15.0 Å². The molecule has 19 heavy (non-hydrogen) atoms. The first-order valence-corrected chi connectivity index (χ1v) is 5.80. The van der Waals surface area contributed by atoms with Gasteiger partial charge in [-0.2, -0.15) is 0 Å². The number of fused-ring (bicyclic) bond motifs is 1. The average molecular weight is 267 g/mol. The van der Waals surface area contributed by atoms with E-state index >= 15 is 0 Å². The predicted molar refractivity (Wildman–Crippen MR) is 63.4 cm³/mol. The van der Waals surface area contributed by atoms with Crippen molar-refractivity contribution in [3.63, 3.8) is 0 Å². The van der Waals surface area contributed by atoms with Crippen LogP contribution in [-0.4, -0.2) is 54.8 Å². The molecule has 1 aliphatic rings. The number of aromatic amines is 1. The van der Waals surface area contributed by atoms with Crippen LogP contribution >= 0.6 is 0 Å². The van der Waals surface area contributed by atoms with E-state index in [1.807, 2.05) is 0 Å². The van der Waals surface area contributed by atoms with Crippen LogP contribution in [0.4, 0.5) is 0 Å². The van der Waals surface area contributed by atoms with Crippen molar-refractivity contribution < 1.29 is 20.1 Å². The summed E-state index contributed by atoms with van der Waals surface area (Å²) < 4.78 is 6.85. The highest BCUT2D eigenvalue weighted by Gasteiger charge is 2.43. The quantitative estimate of drug-likeness (QED) is 0.516. The summed E-state index contributed by atoms with van der Waals surface area (Å²) >= 11 is 0. The number of hydrogen-bond acceptors (Lipinski definition) is 6. The lowest BCUT2D eigenvalue weighted by atomic mass is 10.1. The molecule has 1 unspecified atom stereocenters. The van der Waals surface area contributed by atoms with E-state index in [-0.39, 0.29) is 5.56 Å². The van der Waals surface area contributed by atoms with Crippen LogP contribution in [-0.2, 0) is 4.74 Å². The molecule has 1 fully saturated rings. The topological polar surface area (TPSA) is 121 Å². The second-order valence-electron chi connectivity index (χ2n) is 4.42. The zero-order valence-electron chi connectivity index (χ0n) is 9.80. The first-order chi connectivity index (χ1) is 9.13. The molecule has 3 heterocycles. The lowest BCUT2D eigenvalue weighted by Gasteiger charge is -2.17. The van der Waals surface area contributed by atoms with Crippen LogP contribution in [0, 0.1) is 0 Å². The van der Waals surface area contributed by atoms with E-state index in [0.29, 0.717) is 11.0 Å². The van der Waals surface area contributed by atoms with Crippen LogP contribution in [0.1, 0.15) is 6.23 Å². The Morgan fingerprint density at radius 2 is 2.21 bits per heavy atom. The van der Waals surface area contributed by atoms with Crippen molar-refractivity contribution in [2.24, 2.45) is 0 Å². The number of hydrogen-bond donors (Lipinski definition) is 4. The molecule has 0 amide bonds. The molecule has 4 atom stereocenters. The summed E-state index contributed by atoms with van der Waals surface area (Å²) in [7, 11) is 0. The maximum atomic E-state index is 11.6. The summed E-state index contributed by atoms with van der Waals surface area (Å²) in [6, 6.07) is 1.55. The molecule has 1 saturated heterocycles. The summed E-state index contributed by atoms with van der Waals surface area (Å²) in [6.07, 6.45) is -1.34. The standard InChI is InChI=1S/C11H13N3O5/c15-3-6-7(16)8(17)11(19-6)14-2-1-5-9(14)12-4-13-10(5)18/h1-2,4,6-8,11,15-17H,3H2,(H,12,13,18)/t6-,7-,8+,11?/m1/s1. The third kappa shape index (κ3) is 1.77. The van der Waals surface area contributed by atoms with Gasteiger partial charge in [0.05, 0.1) is 18.3 Å². The molecular formula is C11H13N3O5. The Balaban J connectivity index is 2.06. The highest BCUT2D eigenvalue weighted by molar-refractivity contribution is 5.74. The maximum Gasteiger partial charge on any atom is 0.260 e. The highest BCUT2D eigenvalue weighted by atomic mass is 16.6. The molecule has 8 nitrogen and oxygen atoms in total. The van der Waals surface area contributed by atoms with E-state index in [1.165, 1.54) is 10.9 Å². The zero-order chi connectivity index (χ0) is 13.6. The Hall–Kier alpha value is -1.74. The maximum absolute atomic E-state index is 11.6. The Morgan fingerprint density at radius 1 is 1.42 bits per heavy atom. The number of nitrogens with one attached hydrogen (secondary N) is 1. The minimum absolute atomic E-state index is 0.296. The van der Waals surface area contributed by atoms with Gasteiger partial charge in [0, 0.05) is 6.20 Å². The fourth-order valence-corrected chi connectivity index (χ4v) is 2.30.